The number of carbonyl (C=O) groups excluding carboxylic acids is 2. The summed E-state index contributed by atoms with van der Waals surface area (Å²) in [6.07, 6.45) is 1.99. The predicted octanol–water partition coefficient (Wildman–Crippen LogP) is 1.56. The van der Waals surface area contributed by atoms with Crippen LogP contribution in [0.15, 0.2) is 24.3 Å². The lowest BCUT2D eigenvalue weighted by Gasteiger charge is -2.28. The quantitative estimate of drug-likeness (QED) is 0.824. The summed E-state index contributed by atoms with van der Waals surface area (Å²) in [6.45, 7) is 4.40. The van der Waals surface area contributed by atoms with Gasteiger partial charge in [-0.25, -0.2) is 4.79 Å². The molecule has 1 saturated carbocycles. The molecule has 0 saturated heterocycles. The molecule has 0 bridgehead atoms. The first-order valence-electron chi connectivity index (χ1n) is 8.67. The van der Waals surface area contributed by atoms with E-state index in [0.29, 0.717) is 19.6 Å². The molecule has 1 fully saturated rings. The second-order valence-electron chi connectivity index (χ2n) is 6.78. The zero-order valence-corrected chi connectivity index (χ0v) is 14.4. The van der Waals surface area contributed by atoms with E-state index in [1.54, 1.807) is 0 Å². The smallest absolute Gasteiger partial charge is 0.318 e. The number of nitrogens with zero attached hydrogens (tertiary/aromatic N) is 2. The van der Waals surface area contributed by atoms with Crippen molar-refractivity contribution in [3.8, 4) is 0 Å². The maximum atomic E-state index is 12.6. The number of rotatable bonds is 4. The van der Waals surface area contributed by atoms with E-state index in [9.17, 15) is 9.59 Å². The van der Waals surface area contributed by atoms with Gasteiger partial charge < -0.3 is 20.4 Å². The first kappa shape index (κ1) is 16.6. The zero-order valence-electron chi connectivity index (χ0n) is 14.4. The Labute approximate surface area is 143 Å². The maximum absolute atomic E-state index is 12.6. The fourth-order valence-corrected chi connectivity index (χ4v) is 3.17. The number of fused-ring (bicyclic) bond motifs is 1. The molecule has 6 heteroatoms. The molecular formula is C18H26N4O2. The van der Waals surface area contributed by atoms with Crippen LogP contribution in [0.25, 0.3) is 0 Å². The molecule has 0 spiro atoms. The summed E-state index contributed by atoms with van der Waals surface area (Å²) >= 11 is 0. The fraction of sp³-hybridized carbons (Fsp3) is 0.556. The number of carbonyl (C=O) groups is 2. The molecule has 130 valence electrons. The van der Waals surface area contributed by atoms with Gasteiger partial charge in [-0.15, -0.1) is 0 Å². The number of urea groups is 1. The Morgan fingerprint density at radius 2 is 1.88 bits per heavy atom. The van der Waals surface area contributed by atoms with Crippen LogP contribution in [0.3, 0.4) is 0 Å². The van der Waals surface area contributed by atoms with E-state index < -0.39 is 0 Å². The first-order valence-corrected chi connectivity index (χ1v) is 8.67. The summed E-state index contributed by atoms with van der Waals surface area (Å²) < 4.78 is 0. The van der Waals surface area contributed by atoms with Crippen LogP contribution in [-0.4, -0.2) is 49.6 Å². The summed E-state index contributed by atoms with van der Waals surface area (Å²) in [7, 11) is 2.06. The third kappa shape index (κ3) is 3.80. The highest BCUT2D eigenvalue weighted by Gasteiger charge is 2.29. The Hall–Kier alpha value is -2.24. The molecule has 0 radical (unpaired) electrons. The molecule has 1 aromatic rings. The highest BCUT2D eigenvalue weighted by molar-refractivity contribution is 5.81. The van der Waals surface area contributed by atoms with E-state index in [2.05, 4.69) is 41.6 Å². The molecule has 3 rings (SSSR count). The Kier molecular flexibility index (Phi) is 4.92. The van der Waals surface area contributed by atoms with E-state index in [-0.39, 0.29) is 23.9 Å². The SMILES string of the molecule is C[C@H]1CN(C)c2ccccc2CN1C(=O)NCCNC(=O)C1CC1. The van der Waals surface area contributed by atoms with Gasteiger partial charge in [0.25, 0.3) is 0 Å². The summed E-state index contributed by atoms with van der Waals surface area (Å²) in [5.74, 6) is 0.321. The minimum atomic E-state index is -0.0757. The van der Waals surface area contributed by atoms with Crippen LogP contribution in [-0.2, 0) is 11.3 Å². The largest absolute Gasteiger partial charge is 0.372 e. The third-order valence-electron chi connectivity index (χ3n) is 4.72. The van der Waals surface area contributed by atoms with Crippen molar-refractivity contribution in [3.05, 3.63) is 29.8 Å². The zero-order chi connectivity index (χ0) is 17.1. The number of nitrogens with one attached hydrogen (secondary N) is 2. The molecule has 24 heavy (non-hydrogen) atoms. The molecule has 0 unspecified atom stereocenters. The minimum absolute atomic E-state index is 0.0757. The molecule has 1 aliphatic heterocycles. The number of likely N-dealkylation sites (N-methyl/N-ethyl adjacent to an activating group) is 1. The van der Waals surface area contributed by atoms with Gasteiger partial charge in [0.2, 0.25) is 5.91 Å². The standard InChI is InChI=1S/C18H26N4O2/c1-13-11-21(2)16-6-4-3-5-15(16)12-22(13)18(24)20-10-9-19-17(23)14-7-8-14/h3-6,13-14H,7-12H2,1-2H3,(H,19,23)(H,20,24)/t13-/m0/s1. The number of hydrogen-bond acceptors (Lipinski definition) is 3. The molecule has 2 N–H and O–H groups in total. The van der Waals surface area contributed by atoms with Crippen LogP contribution in [0, 0.1) is 5.92 Å². The molecule has 1 heterocycles. The number of benzene rings is 1. The lowest BCUT2D eigenvalue weighted by atomic mass is 10.1. The molecule has 1 atom stereocenters. The first-order chi connectivity index (χ1) is 11.6. The molecule has 3 amide bonds. The summed E-state index contributed by atoms with van der Waals surface area (Å²) in [6, 6.07) is 8.23. The van der Waals surface area contributed by atoms with E-state index >= 15 is 0 Å². The van der Waals surface area contributed by atoms with Crippen LogP contribution < -0.4 is 15.5 Å². The molecule has 1 aromatic carbocycles. The molecule has 0 aromatic heterocycles. The monoisotopic (exact) mass is 330 g/mol. The Morgan fingerprint density at radius 1 is 1.17 bits per heavy atom. The molecule has 1 aliphatic carbocycles. The van der Waals surface area contributed by atoms with Crippen molar-refractivity contribution in [3.63, 3.8) is 0 Å². The van der Waals surface area contributed by atoms with Crippen LogP contribution in [0.1, 0.15) is 25.3 Å². The van der Waals surface area contributed by atoms with Gasteiger partial charge in [0.05, 0.1) is 0 Å². The van der Waals surface area contributed by atoms with Gasteiger partial charge in [-0.05, 0) is 31.4 Å². The van der Waals surface area contributed by atoms with E-state index in [0.717, 1.165) is 24.9 Å². The number of para-hydroxylation sites is 1. The lowest BCUT2D eigenvalue weighted by molar-refractivity contribution is -0.122. The van der Waals surface area contributed by atoms with E-state index in [1.165, 1.54) is 5.69 Å². The van der Waals surface area contributed by atoms with Crippen LogP contribution in [0.2, 0.25) is 0 Å². The number of anilines is 1. The topological polar surface area (TPSA) is 64.7 Å². The Balaban J connectivity index is 1.54. The van der Waals surface area contributed by atoms with Gasteiger partial charge in [-0.1, -0.05) is 18.2 Å². The average Bonchev–Trinajstić information content (AvgIpc) is 3.41. The van der Waals surface area contributed by atoms with Gasteiger partial charge in [0.1, 0.15) is 0 Å². The average molecular weight is 330 g/mol. The molecule has 6 nitrogen and oxygen atoms in total. The van der Waals surface area contributed by atoms with Gasteiger partial charge >= 0.3 is 6.03 Å². The van der Waals surface area contributed by atoms with Crippen molar-refractivity contribution in [1.29, 1.82) is 0 Å². The lowest BCUT2D eigenvalue weighted by Crippen LogP contribution is -2.48. The Bertz CT molecular complexity index is 615. The van der Waals surface area contributed by atoms with Crippen LogP contribution >= 0.6 is 0 Å². The highest BCUT2D eigenvalue weighted by Crippen LogP contribution is 2.28. The predicted molar refractivity (Wildman–Crippen MR) is 93.8 cm³/mol. The normalized spacial score (nSPS) is 20.2. The maximum Gasteiger partial charge on any atom is 0.318 e. The van der Waals surface area contributed by atoms with Gasteiger partial charge in [0.15, 0.2) is 0 Å². The summed E-state index contributed by atoms with van der Waals surface area (Å²) in [5, 5.41) is 5.79. The second-order valence-corrected chi connectivity index (χ2v) is 6.78. The van der Waals surface area contributed by atoms with Crippen molar-refractivity contribution in [2.24, 2.45) is 5.92 Å². The van der Waals surface area contributed by atoms with Crippen molar-refractivity contribution in [1.82, 2.24) is 15.5 Å². The Morgan fingerprint density at radius 3 is 2.62 bits per heavy atom. The highest BCUT2D eigenvalue weighted by atomic mass is 16.2. The minimum Gasteiger partial charge on any atom is -0.372 e. The summed E-state index contributed by atoms with van der Waals surface area (Å²) in [5.41, 5.74) is 2.33. The van der Waals surface area contributed by atoms with Crippen molar-refractivity contribution in [2.75, 3.05) is 31.6 Å². The van der Waals surface area contributed by atoms with Crippen LogP contribution in [0.5, 0.6) is 0 Å². The van der Waals surface area contributed by atoms with Crippen LogP contribution in [0.4, 0.5) is 10.5 Å². The molecule has 2 aliphatic rings. The van der Waals surface area contributed by atoms with E-state index in [4.69, 9.17) is 0 Å². The fourth-order valence-electron chi connectivity index (χ4n) is 3.17. The van der Waals surface area contributed by atoms with Crippen molar-refractivity contribution in [2.45, 2.75) is 32.4 Å². The molecular weight excluding hydrogens is 304 g/mol. The third-order valence-corrected chi connectivity index (χ3v) is 4.72. The van der Waals surface area contributed by atoms with Crippen molar-refractivity contribution < 1.29 is 9.59 Å². The van der Waals surface area contributed by atoms with Crippen molar-refractivity contribution >= 4 is 17.6 Å². The second kappa shape index (κ2) is 7.11. The summed E-state index contributed by atoms with van der Waals surface area (Å²) in [4.78, 5) is 28.2. The van der Waals surface area contributed by atoms with Gasteiger partial charge in [-0.2, -0.15) is 0 Å². The number of amides is 3. The van der Waals surface area contributed by atoms with Gasteiger partial charge in [-0.3, -0.25) is 4.79 Å². The number of hydrogen-bond donors (Lipinski definition) is 2. The van der Waals surface area contributed by atoms with Gasteiger partial charge in [0, 0.05) is 50.9 Å². The van der Waals surface area contributed by atoms with E-state index in [1.807, 2.05) is 17.0 Å².